The number of aryl methyl sites for hydroxylation is 1. The van der Waals surface area contributed by atoms with Crippen LogP contribution in [0.1, 0.15) is 25.0 Å². The van der Waals surface area contributed by atoms with E-state index in [9.17, 15) is 0 Å². The highest BCUT2D eigenvalue weighted by molar-refractivity contribution is 8.20. The molecule has 1 aromatic heterocycles. The summed E-state index contributed by atoms with van der Waals surface area (Å²) in [6.07, 6.45) is 0. The Balaban J connectivity index is 1.62. The molecule has 3 aliphatic rings. The number of thioether (sulfide) groups is 2. The Morgan fingerprint density at radius 2 is 1.15 bits per heavy atom. The van der Waals surface area contributed by atoms with Crippen LogP contribution in [0.4, 0.5) is 0 Å². The van der Waals surface area contributed by atoms with Crippen molar-refractivity contribution in [1.82, 2.24) is 4.57 Å². The molecular weight excluding hydrogens is 454 g/mol. The van der Waals surface area contributed by atoms with Crippen molar-refractivity contribution in [1.29, 1.82) is 0 Å². The molecule has 0 fully saturated rings. The number of rotatable bonds is 2. The van der Waals surface area contributed by atoms with E-state index >= 15 is 0 Å². The molecule has 2 atom stereocenters. The fraction of sp³-hybridized carbons (Fsp3) is 0.172. The van der Waals surface area contributed by atoms with Crippen molar-refractivity contribution < 1.29 is 0 Å². The molecule has 1 aliphatic carbocycles. The van der Waals surface area contributed by atoms with Crippen molar-refractivity contribution in [3.05, 3.63) is 107 Å². The molecule has 0 spiro atoms. The number of aliphatic imine (C=N–C) groups is 2. The summed E-state index contributed by atoms with van der Waals surface area (Å²) in [5.41, 5.74) is 5.91. The zero-order valence-corrected chi connectivity index (χ0v) is 20.9. The topological polar surface area (TPSA) is 29.6 Å². The minimum absolute atomic E-state index is 0.255. The highest BCUT2D eigenvalue weighted by Crippen LogP contribution is 2.62. The van der Waals surface area contributed by atoms with Crippen LogP contribution in [0.25, 0.3) is 22.3 Å². The molecule has 7 rings (SSSR count). The van der Waals surface area contributed by atoms with Gasteiger partial charge < -0.3 is 4.57 Å². The van der Waals surface area contributed by atoms with E-state index in [1.54, 1.807) is 0 Å². The van der Waals surface area contributed by atoms with E-state index in [1.165, 1.54) is 38.3 Å². The number of aromatic nitrogens is 1. The van der Waals surface area contributed by atoms with Crippen molar-refractivity contribution in [3.63, 3.8) is 0 Å². The summed E-state index contributed by atoms with van der Waals surface area (Å²) in [5.74, 6) is 0. The van der Waals surface area contributed by atoms with E-state index in [0.717, 1.165) is 15.8 Å². The van der Waals surface area contributed by atoms with Gasteiger partial charge in [-0.1, -0.05) is 102 Å². The van der Waals surface area contributed by atoms with Crippen molar-refractivity contribution in [3.8, 4) is 0 Å². The van der Waals surface area contributed by atoms with E-state index < -0.39 is 0 Å². The standard InChI is InChI=1S/C29H23N3S2/c1-28-24(30-26(33-28)18-12-6-4-7-13-18)22-20-16-10-11-17-21(20)32(3)23(22)25-29(28,2)34-27(31-25)19-14-8-5-9-15-19/h4-17H,1-3H3. The third-order valence-corrected chi connectivity index (χ3v) is 10.6. The van der Waals surface area contributed by atoms with E-state index in [2.05, 4.69) is 110 Å². The van der Waals surface area contributed by atoms with Crippen LogP contribution in [0.15, 0.2) is 94.9 Å². The Kier molecular flexibility index (Phi) is 4.19. The molecule has 3 aromatic carbocycles. The largest absolute Gasteiger partial charge is 0.342 e. The van der Waals surface area contributed by atoms with Gasteiger partial charge in [0, 0.05) is 34.3 Å². The number of fused-ring (bicyclic) bond motifs is 6. The van der Waals surface area contributed by atoms with Gasteiger partial charge in [0.25, 0.3) is 0 Å². The normalized spacial score (nSPS) is 25.1. The lowest BCUT2D eigenvalue weighted by Crippen LogP contribution is -2.54. The van der Waals surface area contributed by atoms with Crippen molar-refractivity contribution >= 4 is 55.9 Å². The average Bonchev–Trinajstić information content (AvgIpc) is 3.51. The van der Waals surface area contributed by atoms with E-state index in [0.29, 0.717) is 0 Å². The van der Waals surface area contributed by atoms with Crippen molar-refractivity contribution in [2.45, 2.75) is 23.3 Å². The highest BCUT2D eigenvalue weighted by atomic mass is 32.2. The lowest BCUT2D eigenvalue weighted by Gasteiger charge is -2.42. The molecular formula is C29H23N3S2. The van der Waals surface area contributed by atoms with Gasteiger partial charge in [-0.15, -0.1) is 0 Å². The molecule has 3 heterocycles. The first-order valence-electron chi connectivity index (χ1n) is 11.5. The van der Waals surface area contributed by atoms with Gasteiger partial charge in [0.15, 0.2) is 0 Å². The Morgan fingerprint density at radius 3 is 1.76 bits per heavy atom. The monoisotopic (exact) mass is 477 g/mol. The molecule has 34 heavy (non-hydrogen) atoms. The Hall–Kier alpha value is -3.02. The fourth-order valence-electron chi connectivity index (χ4n) is 5.48. The van der Waals surface area contributed by atoms with Crippen LogP contribution in [-0.2, 0) is 7.05 Å². The summed E-state index contributed by atoms with van der Waals surface area (Å²) in [4.78, 5) is 10.7. The first-order chi connectivity index (χ1) is 16.5. The molecule has 166 valence electrons. The molecule has 0 amide bonds. The number of hydrogen-bond donors (Lipinski definition) is 0. The molecule has 2 unspecified atom stereocenters. The van der Waals surface area contributed by atoms with Gasteiger partial charge in [0.1, 0.15) is 10.1 Å². The fourth-order valence-corrected chi connectivity index (χ4v) is 8.36. The van der Waals surface area contributed by atoms with Crippen LogP contribution in [0.2, 0.25) is 0 Å². The van der Waals surface area contributed by atoms with E-state index in [1.807, 2.05) is 23.5 Å². The van der Waals surface area contributed by atoms with Crippen LogP contribution >= 0.6 is 23.5 Å². The quantitative estimate of drug-likeness (QED) is 0.391. The maximum atomic E-state index is 5.37. The molecule has 5 heteroatoms. The minimum Gasteiger partial charge on any atom is -0.342 e. The third kappa shape index (κ3) is 2.51. The Labute approximate surface area is 207 Å². The summed E-state index contributed by atoms with van der Waals surface area (Å²) < 4.78 is 1.81. The smallest absolute Gasteiger partial charge is 0.105 e. The molecule has 4 aromatic rings. The zero-order valence-electron chi connectivity index (χ0n) is 19.2. The van der Waals surface area contributed by atoms with Crippen LogP contribution in [0.5, 0.6) is 0 Å². The lowest BCUT2D eigenvalue weighted by atomic mass is 9.83. The first-order valence-corrected chi connectivity index (χ1v) is 13.1. The molecule has 0 radical (unpaired) electrons. The maximum absolute atomic E-state index is 5.37. The molecule has 0 saturated heterocycles. The Bertz CT molecular complexity index is 1680. The zero-order chi connectivity index (χ0) is 23.1. The second-order valence-corrected chi connectivity index (χ2v) is 12.1. The summed E-state index contributed by atoms with van der Waals surface area (Å²) in [5, 5.41) is 5.87. The molecule has 0 saturated carbocycles. The van der Waals surface area contributed by atoms with Gasteiger partial charge in [-0.05, 0) is 19.9 Å². The molecule has 0 N–H and O–H groups in total. The van der Waals surface area contributed by atoms with E-state index in [4.69, 9.17) is 9.98 Å². The number of para-hydroxylation sites is 1. The van der Waals surface area contributed by atoms with Crippen molar-refractivity contribution in [2.75, 3.05) is 0 Å². The lowest BCUT2D eigenvalue weighted by molar-refractivity contribution is 0.664. The summed E-state index contributed by atoms with van der Waals surface area (Å²) in [6, 6.07) is 29.8. The predicted molar refractivity (Wildman–Crippen MR) is 147 cm³/mol. The van der Waals surface area contributed by atoms with Gasteiger partial charge in [0.05, 0.1) is 26.2 Å². The summed E-state index contributed by atoms with van der Waals surface area (Å²) in [7, 11) is 2.17. The highest BCUT2D eigenvalue weighted by Gasteiger charge is 2.60. The van der Waals surface area contributed by atoms with Gasteiger partial charge in [-0.3, -0.25) is 0 Å². The van der Waals surface area contributed by atoms with Crippen LogP contribution in [0, 0.1) is 0 Å². The molecule has 2 aliphatic heterocycles. The van der Waals surface area contributed by atoms with Crippen LogP contribution in [0.3, 0.4) is 0 Å². The molecule has 0 bridgehead atoms. The van der Waals surface area contributed by atoms with Gasteiger partial charge in [-0.2, -0.15) is 0 Å². The summed E-state index contributed by atoms with van der Waals surface area (Å²) in [6.45, 7) is 4.73. The number of nitrogens with zero attached hydrogens (tertiary/aromatic N) is 3. The maximum Gasteiger partial charge on any atom is 0.105 e. The number of benzene rings is 3. The predicted octanol–water partition coefficient (Wildman–Crippen LogP) is 5.31. The van der Waals surface area contributed by atoms with Gasteiger partial charge >= 0.3 is 0 Å². The third-order valence-electron chi connectivity index (χ3n) is 7.45. The molecule has 3 nitrogen and oxygen atoms in total. The number of hydrogen-bond acceptors (Lipinski definition) is 4. The van der Waals surface area contributed by atoms with Crippen LogP contribution < -0.4 is 10.6 Å². The van der Waals surface area contributed by atoms with E-state index in [-0.39, 0.29) is 9.49 Å². The SMILES string of the molecule is Cn1c2c(c3ccccc31)=C1N=C(c3ccccc3)SC1(C)C1(C)SC(c3ccccc3)=NC=21. The van der Waals surface area contributed by atoms with Gasteiger partial charge in [0.2, 0.25) is 0 Å². The van der Waals surface area contributed by atoms with Crippen molar-refractivity contribution in [2.24, 2.45) is 17.0 Å². The second-order valence-electron chi connectivity index (χ2n) is 9.33. The first kappa shape index (κ1) is 20.4. The minimum atomic E-state index is -0.257. The van der Waals surface area contributed by atoms with Gasteiger partial charge in [-0.25, -0.2) is 9.98 Å². The second kappa shape index (κ2) is 7.00. The Morgan fingerprint density at radius 1 is 0.647 bits per heavy atom. The summed E-state index contributed by atoms with van der Waals surface area (Å²) >= 11 is 3.78. The van der Waals surface area contributed by atoms with Crippen LogP contribution in [-0.4, -0.2) is 24.1 Å². The average molecular weight is 478 g/mol.